The lowest BCUT2D eigenvalue weighted by Crippen LogP contribution is -2.45. The van der Waals surface area contributed by atoms with Crippen LogP contribution in [0.4, 0.5) is 10.2 Å². The van der Waals surface area contributed by atoms with E-state index in [0.717, 1.165) is 37.3 Å². The van der Waals surface area contributed by atoms with E-state index in [1.165, 1.54) is 30.7 Å². The molecule has 1 aliphatic carbocycles. The zero-order valence-electron chi connectivity index (χ0n) is 16.0. The average Bonchev–Trinajstić information content (AvgIpc) is 3.26. The predicted molar refractivity (Wildman–Crippen MR) is 107 cm³/mol. The number of rotatable bonds is 5. The summed E-state index contributed by atoms with van der Waals surface area (Å²) in [5.41, 5.74) is 3.04. The molecule has 2 aliphatic rings. The van der Waals surface area contributed by atoms with Crippen molar-refractivity contribution in [2.45, 2.75) is 37.6 Å². The maximum Gasteiger partial charge on any atom is 0.269 e. The first-order valence-corrected chi connectivity index (χ1v) is 10.1. The monoisotopic (exact) mass is 394 g/mol. The predicted octanol–water partition coefficient (Wildman–Crippen LogP) is 3.22. The summed E-state index contributed by atoms with van der Waals surface area (Å²) in [7, 11) is 0. The number of H-pyrrole nitrogens is 2. The van der Waals surface area contributed by atoms with Crippen LogP contribution in [0.1, 0.15) is 47.8 Å². The molecule has 1 aromatic carbocycles. The topological polar surface area (TPSA) is 89.7 Å². The Bertz CT molecular complexity index is 998. The number of halogens is 1. The highest BCUT2D eigenvalue weighted by Gasteiger charge is 2.28. The molecule has 1 saturated carbocycles. The lowest BCUT2D eigenvalue weighted by Gasteiger charge is -2.32. The van der Waals surface area contributed by atoms with Crippen molar-refractivity contribution in [3.8, 4) is 11.3 Å². The maximum atomic E-state index is 13.1. The van der Waals surface area contributed by atoms with Crippen molar-refractivity contribution in [1.82, 2.24) is 25.7 Å². The van der Waals surface area contributed by atoms with Crippen LogP contribution in [0.3, 0.4) is 0 Å². The third-order valence-electron chi connectivity index (χ3n) is 5.72. The first-order valence-electron chi connectivity index (χ1n) is 10.1. The van der Waals surface area contributed by atoms with Crippen molar-refractivity contribution in [3.05, 3.63) is 53.6 Å². The lowest BCUT2D eigenvalue weighted by molar-refractivity contribution is 0.0926. The van der Waals surface area contributed by atoms with Gasteiger partial charge in [-0.25, -0.2) is 4.39 Å². The van der Waals surface area contributed by atoms with Gasteiger partial charge in [0, 0.05) is 42.4 Å². The molecule has 1 amide bonds. The van der Waals surface area contributed by atoms with Gasteiger partial charge in [0.2, 0.25) is 0 Å². The van der Waals surface area contributed by atoms with Crippen molar-refractivity contribution in [3.63, 3.8) is 0 Å². The molecule has 0 bridgehead atoms. The number of hydrogen-bond acceptors (Lipinski definition) is 4. The number of anilines is 1. The molecule has 5 rings (SSSR count). The summed E-state index contributed by atoms with van der Waals surface area (Å²) >= 11 is 0. The van der Waals surface area contributed by atoms with Gasteiger partial charge in [-0.1, -0.05) is 0 Å². The second-order valence-corrected chi connectivity index (χ2v) is 7.86. The average molecular weight is 394 g/mol. The fraction of sp³-hybridized carbons (Fsp3) is 0.381. The van der Waals surface area contributed by atoms with E-state index in [1.54, 1.807) is 18.2 Å². The largest absolute Gasteiger partial charge is 0.355 e. The second kappa shape index (κ2) is 7.35. The molecule has 1 aliphatic heterocycles. The maximum absolute atomic E-state index is 13.1. The minimum absolute atomic E-state index is 0.123. The number of nitrogens with one attached hydrogen (secondary N) is 3. The smallest absolute Gasteiger partial charge is 0.269 e. The number of aromatic amines is 2. The Hall–Kier alpha value is -3.16. The van der Waals surface area contributed by atoms with E-state index >= 15 is 0 Å². The van der Waals surface area contributed by atoms with Crippen molar-refractivity contribution < 1.29 is 9.18 Å². The van der Waals surface area contributed by atoms with Gasteiger partial charge in [-0.3, -0.25) is 15.0 Å². The van der Waals surface area contributed by atoms with Crippen LogP contribution >= 0.6 is 0 Å². The Morgan fingerprint density at radius 3 is 2.52 bits per heavy atom. The fourth-order valence-corrected chi connectivity index (χ4v) is 3.81. The molecule has 2 fully saturated rings. The zero-order chi connectivity index (χ0) is 19.8. The molecule has 0 spiro atoms. The minimum atomic E-state index is -0.299. The van der Waals surface area contributed by atoms with Crippen LogP contribution in [0.15, 0.2) is 36.4 Å². The van der Waals surface area contributed by atoms with E-state index in [0.29, 0.717) is 17.3 Å². The SMILES string of the molecule is O=C(NC1CCN(c2cc(C3CC3)[nH]n2)CC1)c1cc(-c2ccc(F)cc2)n[nH]1. The lowest BCUT2D eigenvalue weighted by atomic mass is 10.0. The summed E-state index contributed by atoms with van der Waals surface area (Å²) in [5, 5.41) is 17.7. The van der Waals surface area contributed by atoms with Crippen LogP contribution < -0.4 is 10.2 Å². The van der Waals surface area contributed by atoms with Crippen LogP contribution in [0, 0.1) is 5.82 Å². The molecule has 150 valence electrons. The summed E-state index contributed by atoms with van der Waals surface area (Å²) in [6.45, 7) is 1.73. The quantitative estimate of drug-likeness (QED) is 0.620. The van der Waals surface area contributed by atoms with Crippen LogP contribution in [-0.2, 0) is 0 Å². The van der Waals surface area contributed by atoms with E-state index in [1.807, 2.05) is 0 Å². The van der Waals surface area contributed by atoms with Gasteiger partial charge in [0.1, 0.15) is 11.5 Å². The summed E-state index contributed by atoms with van der Waals surface area (Å²) in [4.78, 5) is 14.8. The Balaban J connectivity index is 1.16. The summed E-state index contributed by atoms with van der Waals surface area (Å²) < 4.78 is 13.1. The Labute approximate surface area is 167 Å². The van der Waals surface area contributed by atoms with Crippen molar-refractivity contribution in [1.29, 1.82) is 0 Å². The van der Waals surface area contributed by atoms with E-state index < -0.39 is 0 Å². The highest BCUT2D eigenvalue weighted by Crippen LogP contribution is 2.40. The third kappa shape index (κ3) is 3.87. The van der Waals surface area contributed by atoms with Gasteiger partial charge in [0.25, 0.3) is 5.91 Å². The number of carbonyl (C=O) groups is 1. The molecule has 0 atom stereocenters. The molecule has 3 aromatic rings. The molecule has 0 unspecified atom stereocenters. The van der Waals surface area contributed by atoms with Crippen molar-refractivity contribution in [2.24, 2.45) is 0 Å². The van der Waals surface area contributed by atoms with E-state index in [9.17, 15) is 9.18 Å². The van der Waals surface area contributed by atoms with E-state index in [2.05, 4.69) is 36.7 Å². The normalized spacial score (nSPS) is 17.5. The summed E-state index contributed by atoms with van der Waals surface area (Å²) in [6.07, 6.45) is 4.26. The molecule has 2 aromatic heterocycles. The molecule has 29 heavy (non-hydrogen) atoms. The summed E-state index contributed by atoms with van der Waals surface area (Å²) in [6, 6.07) is 10.0. The molecular weight excluding hydrogens is 371 g/mol. The Morgan fingerprint density at radius 2 is 1.79 bits per heavy atom. The van der Waals surface area contributed by atoms with Gasteiger partial charge < -0.3 is 10.2 Å². The van der Waals surface area contributed by atoms with Crippen LogP contribution in [0.2, 0.25) is 0 Å². The van der Waals surface area contributed by atoms with Gasteiger partial charge in [-0.15, -0.1) is 0 Å². The number of carbonyl (C=O) groups excluding carboxylic acids is 1. The van der Waals surface area contributed by atoms with Gasteiger partial charge in [0.15, 0.2) is 5.82 Å². The number of benzene rings is 1. The van der Waals surface area contributed by atoms with Gasteiger partial charge in [0.05, 0.1) is 5.69 Å². The molecule has 1 saturated heterocycles. The third-order valence-corrected chi connectivity index (χ3v) is 5.72. The molecular formula is C21H23FN6O. The molecule has 7 nitrogen and oxygen atoms in total. The number of piperidine rings is 1. The number of hydrogen-bond donors (Lipinski definition) is 3. The van der Waals surface area contributed by atoms with Crippen LogP contribution in [0.25, 0.3) is 11.3 Å². The highest BCUT2D eigenvalue weighted by molar-refractivity contribution is 5.93. The fourth-order valence-electron chi connectivity index (χ4n) is 3.81. The van der Waals surface area contributed by atoms with Crippen molar-refractivity contribution >= 4 is 11.7 Å². The first kappa shape index (κ1) is 17.9. The Morgan fingerprint density at radius 1 is 1.03 bits per heavy atom. The van der Waals surface area contributed by atoms with E-state index in [4.69, 9.17) is 0 Å². The molecule has 3 N–H and O–H groups in total. The highest BCUT2D eigenvalue weighted by atomic mass is 19.1. The van der Waals surface area contributed by atoms with Crippen LogP contribution in [-0.4, -0.2) is 45.4 Å². The van der Waals surface area contributed by atoms with Gasteiger partial charge in [-0.2, -0.15) is 10.2 Å². The number of amides is 1. The number of nitrogens with zero attached hydrogens (tertiary/aromatic N) is 3. The second-order valence-electron chi connectivity index (χ2n) is 7.86. The van der Waals surface area contributed by atoms with Crippen LogP contribution in [0.5, 0.6) is 0 Å². The standard InChI is InChI=1S/C21H23FN6O/c22-15-5-3-14(4-6-15)17-11-19(26-24-17)21(29)23-16-7-9-28(10-8-16)20-12-18(25-27-20)13-1-2-13/h3-6,11-13,16H,1-2,7-10H2,(H,23,29)(H,24,26)(H,25,27). The molecule has 3 heterocycles. The Kier molecular flexibility index (Phi) is 4.54. The number of aromatic nitrogens is 4. The van der Waals surface area contributed by atoms with Gasteiger partial charge >= 0.3 is 0 Å². The molecule has 8 heteroatoms. The van der Waals surface area contributed by atoms with E-state index in [-0.39, 0.29) is 17.8 Å². The van der Waals surface area contributed by atoms with Gasteiger partial charge in [-0.05, 0) is 56.0 Å². The summed E-state index contributed by atoms with van der Waals surface area (Å²) in [5.74, 6) is 1.21. The zero-order valence-corrected chi connectivity index (χ0v) is 16.0. The minimum Gasteiger partial charge on any atom is -0.355 e. The molecule has 0 radical (unpaired) electrons. The first-order chi connectivity index (χ1) is 14.2. The van der Waals surface area contributed by atoms with Crippen molar-refractivity contribution in [2.75, 3.05) is 18.0 Å².